The van der Waals surface area contributed by atoms with E-state index in [2.05, 4.69) is 39.5 Å². The highest BCUT2D eigenvalue weighted by Crippen LogP contribution is 2.30. The standard InChI is InChI=1S/C22H28N4O2/c1-28-19-9-10-23-21(15-19)25-11-13-26(14-12-25)22(27)24-16-18-7-4-6-17-5-2-3-8-20(17)18/h2-3,5,8-10,15,18H,4,6-7,11-14,16H2,1H3,(H,24,27). The van der Waals surface area contributed by atoms with Gasteiger partial charge in [0, 0.05) is 50.9 Å². The fourth-order valence-electron chi connectivity index (χ4n) is 4.23. The van der Waals surface area contributed by atoms with Gasteiger partial charge in [0.15, 0.2) is 0 Å². The summed E-state index contributed by atoms with van der Waals surface area (Å²) in [7, 11) is 1.66. The predicted molar refractivity (Wildman–Crippen MR) is 110 cm³/mol. The van der Waals surface area contributed by atoms with Crippen molar-refractivity contribution in [1.29, 1.82) is 0 Å². The number of hydrogen-bond acceptors (Lipinski definition) is 4. The second kappa shape index (κ2) is 8.50. The number of rotatable bonds is 4. The highest BCUT2D eigenvalue weighted by molar-refractivity contribution is 5.74. The molecule has 1 saturated heterocycles. The van der Waals surface area contributed by atoms with E-state index in [-0.39, 0.29) is 6.03 Å². The topological polar surface area (TPSA) is 57.7 Å². The molecule has 6 heteroatoms. The van der Waals surface area contributed by atoms with Crippen molar-refractivity contribution in [3.05, 3.63) is 53.7 Å². The lowest BCUT2D eigenvalue weighted by Crippen LogP contribution is -2.52. The minimum absolute atomic E-state index is 0.0429. The van der Waals surface area contributed by atoms with E-state index in [0.29, 0.717) is 25.6 Å². The summed E-state index contributed by atoms with van der Waals surface area (Å²) in [6.07, 6.45) is 5.26. The van der Waals surface area contributed by atoms with Crippen molar-refractivity contribution >= 4 is 11.8 Å². The van der Waals surface area contributed by atoms with Crippen molar-refractivity contribution in [3.8, 4) is 5.75 Å². The van der Waals surface area contributed by atoms with Crippen LogP contribution in [0.4, 0.5) is 10.6 Å². The van der Waals surface area contributed by atoms with Crippen LogP contribution in [-0.4, -0.2) is 55.7 Å². The zero-order valence-corrected chi connectivity index (χ0v) is 16.4. The lowest BCUT2D eigenvalue weighted by Gasteiger charge is -2.36. The molecule has 1 aliphatic carbocycles. The Hall–Kier alpha value is -2.76. The largest absolute Gasteiger partial charge is 0.497 e. The molecule has 1 atom stereocenters. The fraction of sp³-hybridized carbons (Fsp3) is 0.455. The summed E-state index contributed by atoms with van der Waals surface area (Å²) in [6.45, 7) is 3.67. The van der Waals surface area contributed by atoms with E-state index in [4.69, 9.17) is 4.74 Å². The van der Waals surface area contributed by atoms with Gasteiger partial charge in [0.25, 0.3) is 0 Å². The van der Waals surface area contributed by atoms with E-state index in [1.807, 2.05) is 17.0 Å². The molecule has 4 rings (SSSR count). The fourth-order valence-corrected chi connectivity index (χ4v) is 4.23. The van der Waals surface area contributed by atoms with Crippen LogP contribution >= 0.6 is 0 Å². The first kappa shape index (κ1) is 18.6. The number of nitrogens with zero attached hydrogens (tertiary/aromatic N) is 3. The number of aryl methyl sites for hydroxylation is 1. The zero-order valence-electron chi connectivity index (χ0n) is 16.4. The SMILES string of the molecule is COc1ccnc(N2CCN(C(=O)NCC3CCCc4ccccc43)CC2)c1. The number of hydrogen-bond donors (Lipinski definition) is 1. The molecule has 148 valence electrons. The first-order valence-electron chi connectivity index (χ1n) is 10.1. The molecule has 28 heavy (non-hydrogen) atoms. The minimum Gasteiger partial charge on any atom is -0.497 e. The van der Waals surface area contributed by atoms with Crippen LogP contribution in [0.2, 0.25) is 0 Å². The summed E-state index contributed by atoms with van der Waals surface area (Å²) in [5, 5.41) is 3.17. The molecule has 1 unspecified atom stereocenters. The summed E-state index contributed by atoms with van der Waals surface area (Å²) in [5.74, 6) is 2.13. The van der Waals surface area contributed by atoms with Gasteiger partial charge in [-0.1, -0.05) is 24.3 Å². The molecule has 1 aromatic carbocycles. The van der Waals surface area contributed by atoms with Crippen LogP contribution in [0, 0.1) is 0 Å². The second-order valence-electron chi connectivity index (χ2n) is 7.50. The highest BCUT2D eigenvalue weighted by atomic mass is 16.5. The van der Waals surface area contributed by atoms with Crippen LogP contribution in [0.1, 0.15) is 29.9 Å². The van der Waals surface area contributed by atoms with Crippen molar-refractivity contribution in [2.75, 3.05) is 44.7 Å². The maximum absolute atomic E-state index is 12.7. The van der Waals surface area contributed by atoms with Crippen molar-refractivity contribution < 1.29 is 9.53 Å². The molecule has 6 nitrogen and oxygen atoms in total. The molecule has 2 heterocycles. The Bertz CT molecular complexity index is 818. The van der Waals surface area contributed by atoms with E-state index in [1.165, 1.54) is 17.5 Å². The number of piperazine rings is 1. The van der Waals surface area contributed by atoms with Crippen LogP contribution in [-0.2, 0) is 6.42 Å². The van der Waals surface area contributed by atoms with Gasteiger partial charge in [-0.3, -0.25) is 0 Å². The van der Waals surface area contributed by atoms with Gasteiger partial charge in [-0.15, -0.1) is 0 Å². The van der Waals surface area contributed by atoms with Gasteiger partial charge in [0.05, 0.1) is 7.11 Å². The third kappa shape index (κ3) is 4.06. The normalized spacial score (nSPS) is 19.1. The van der Waals surface area contributed by atoms with E-state index in [9.17, 15) is 4.79 Å². The van der Waals surface area contributed by atoms with Crippen molar-refractivity contribution in [3.63, 3.8) is 0 Å². The molecule has 0 saturated carbocycles. The highest BCUT2D eigenvalue weighted by Gasteiger charge is 2.24. The molecule has 1 aromatic heterocycles. The molecule has 2 amide bonds. The molecule has 1 fully saturated rings. The van der Waals surface area contributed by atoms with Crippen LogP contribution in [0.25, 0.3) is 0 Å². The van der Waals surface area contributed by atoms with Crippen LogP contribution < -0.4 is 15.0 Å². The number of pyridine rings is 1. The number of carbonyl (C=O) groups is 1. The number of anilines is 1. The van der Waals surface area contributed by atoms with E-state index in [1.54, 1.807) is 13.3 Å². The first-order chi connectivity index (χ1) is 13.7. The Morgan fingerprint density at radius 1 is 1.21 bits per heavy atom. The Balaban J connectivity index is 1.29. The number of nitrogens with one attached hydrogen (secondary N) is 1. The maximum Gasteiger partial charge on any atom is 0.317 e. The summed E-state index contributed by atoms with van der Waals surface area (Å²) >= 11 is 0. The molecule has 0 radical (unpaired) electrons. The van der Waals surface area contributed by atoms with Gasteiger partial charge < -0.3 is 19.9 Å². The van der Waals surface area contributed by atoms with Crippen molar-refractivity contribution in [2.24, 2.45) is 0 Å². The second-order valence-corrected chi connectivity index (χ2v) is 7.50. The van der Waals surface area contributed by atoms with Gasteiger partial charge in [-0.05, 0) is 36.5 Å². The zero-order chi connectivity index (χ0) is 19.3. The number of ether oxygens (including phenoxy) is 1. The maximum atomic E-state index is 12.7. The Morgan fingerprint density at radius 3 is 2.86 bits per heavy atom. The number of amides is 2. The van der Waals surface area contributed by atoms with Crippen molar-refractivity contribution in [1.82, 2.24) is 15.2 Å². The minimum atomic E-state index is 0.0429. The lowest BCUT2D eigenvalue weighted by atomic mass is 9.83. The summed E-state index contributed by atoms with van der Waals surface area (Å²) in [5.41, 5.74) is 2.84. The number of benzene rings is 1. The number of aromatic nitrogens is 1. The first-order valence-corrected chi connectivity index (χ1v) is 10.1. The van der Waals surface area contributed by atoms with Crippen LogP contribution in [0.3, 0.4) is 0 Å². The van der Waals surface area contributed by atoms with Gasteiger partial charge >= 0.3 is 6.03 Å². The molecule has 2 aliphatic rings. The number of fused-ring (bicyclic) bond motifs is 1. The predicted octanol–water partition coefficient (Wildman–Crippen LogP) is 3.04. The molecule has 1 N–H and O–H groups in total. The van der Waals surface area contributed by atoms with E-state index in [0.717, 1.165) is 37.5 Å². The van der Waals surface area contributed by atoms with Crippen molar-refractivity contribution in [2.45, 2.75) is 25.2 Å². The summed E-state index contributed by atoms with van der Waals surface area (Å²) < 4.78 is 5.28. The van der Waals surface area contributed by atoms with E-state index >= 15 is 0 Å². The molecular formula is C22H28N4O2. The van der Waals surface area contributed by atoms with Gasteiger partial charge in [0.1, 0.15) is 11.6 Å². The Morgan fingerprint density at radius 2 is 2.04 bits per heavy atom. The third-order valence-electron chi connectivity index (χ3n) is 5.84. The number of methoxy groups -OCH3 is 1. The van der Waals surface area contributed by atoms with Gasteiger partial charge in [0.2, 0.25) is 0 Å². The number of carbonyl (C=O) groups excluding carboxylic acids is 1. The monoisotopic (exact) mass is 380 g/mol. The summed E-state index contributed by atoms with van der Waals surface area (Å²) in [4.78, 5) is 21.2. The quantitative estimate of drug-likeness (QED) is 0.886. The average Bonchev–Trinajstić information content (AvgIpc) is 2.77. The Kier molecular flexibility index (Phi) is 5.65. The molecule has 0 bridgehead atoms. The molecular weight excluding hydrogens is 352 g/mol. The van der Waals surface area contributed by atoms with E-state index < -0.39 is 0 Å². The number of urea groups is 1. The van der Waals surface area contributed by atoms with Gasteiger partial charge in [-0.25, -0.2) is 9.78 Å². The average molecular weight is 380 g/mol. The van der Waals surface area contributed by atoms with Crippen LogP contribution in [0.5, 0.6) is 5.75 Å². The van der Waals surface area contributed by atoms with Gasteiger partial charge in [-0.2, -0.15) is 0 Å². The third-order valence-corrected chi connectivity index (χ3v) is 5.84. The smallest absolute Gasteiger partial charge is 0.317 e. The molecule has 0 spiro atoms. The molecule has 1 aliphatic heterocycles. The summed E-state index contributed by atoms with van der Waals surface area (Å²) in [6, 6.07) is 12.5. The van der Waals surface area contributed by atoms with Crippen LogP contribution in [0.15, 0.2) is 42.6 Å². The lowest BCUT2D eigenvalue weighted by molar-refractivity contribution is 0.193. The molecule has 2 aromatic rings. The Labute approximate surface area is 166 Å².